The van der Waals surface area contributed by atoms with E-state index in [1.807, 2.05) is 48.5 Å². The molecule has 6 heteroatoms. The second-order valence-electron chi connectivity index (χ2n) is 11.2. The molecule has 0 radical (unpaired) electrons. The third kappa shape index (κ3) is 4.43. The zero-order valence-corrected chi connectivity index (χ0v) is 26.7. The molecule has 3 aromatic heterocycles. The number of phenols is 1. The number of pyridine rings is 1. The minimum absolute atomic E-state index is 0. The largest absolute Gasteiger partial charge is 0.656 e. The third-order valence-electron chi connectivity index (χ3n) is 8.57. The van der Waals surface area contributed by atoms with E-state index in [0.717, 1.165) is 77.7 Å². The van der Waals surface area contributed by atoms with Crippen LogP contribution >= 0.6 is 0 Å². The number of fused-ring (bicyclic) bond motifs is 5. The first-order chi connectivity index (χ1) is 22.2. The first kappa shape index (κ1) is 28.0. The van der Waals surface area contributed by atoms with E-state index in [1.165, 1.54) is 0 Å². The molecule has 0 spiro atoms. The van der Waals surface area contributed by atoms with E-state index in [4.69, 9.17) is 15.0 Å². The number of aromatic hydroxyl groups is 1. The standard InChI is InChI=1S/C40H25N4O.Pt/c45-36-21-7-12-26-22-23-34(41-37(26)36)31-17-9-20-35-39(31)43-40(32-18-8-16-30-29-15-4-5-19-33(29)42-38(30)32)44(35)28-14-6-13-27(24-28)25-10-2-1-3-11-25;/h1-24H,(H-,41,42,43,45);/q-1;. The number of hydrogen-bond acceptors (Lipinski definition) is 3. The Morgan fingerprint density at radius 3 is 2.22 bits per heavy atom. The van der Waals surface area contributed by atoms with Gasteiger partial charge < -0.3 is 10.1 Å². The van der Waals surface area contributed by atoms with Crippen molar-refractivity contribution in [2.75, 3.05) is 0 Å². The molecule has 3 heterocycles. The van der Waals surface area contributed by atoms with E-state index in [9.17, 15) is 5.11 Å². The first-order valence-electron chi connectivity index (χ1n) is 14.9. The number of nitrogens with zero attached hydrogens (tertiary/aromatic N) is 4. The summed E-state index contributed by atoms with van der Waals surface area (Å²) in [6.07, 6.45) is 0. The minimum Gasteiger partial charge on any atom is -0.656 e. The molecule has 5 nitrogen and oxygen atoms in total. The normalized spacial score (nSPS) is 11.4. The van der Waals surface area contributed by atoms with Crippen LogP contribution in [0.25, 0.3) is 83.2 Å². The average Bonchev–Trinajstić information content (AvgIpc) is 3.68. The Hall–Kier alpha value is -5.51. The molecule has 9 aromatic rings. The second kappa shape index (κ2) is 11.1. The summed E-state index contributed by atoms with van der Waals surface area (Å²) in [6.45, 7) is 0. The van der Waals surface area contributed by atoms with Crippen LogP contribution in [0.4, 0.5) is 0 Å². The van der Waals surface area contributed by atoms with Crippen LogP contribution in [-0.2, 0) is 21.1 Å². The topological polar surface area (TPSA) is 65.0 Å². The Morgan fingerprint density at radius 1 is 0.565 bits per heavy atom. The second-order valence-corrected chi connectivity index (χ2v) is 11.2. The molecule has 46 heavy (non-hydrogen) atoms. The smallest absolute Gasteiger partial charge is 0.144 e. The van der Waals surface area contributed by atoms with Gasteiger partial charge in [-0.15, -0.1) is 11.0 Å². The van der Waals surface area contributed by atoms with Gasteiger partial charge in [0.1, 0.15) is 17.1 Å². The van der Waals surface area contributed by atoms with Gasteiger partial charge in [0.25, 0.3) is 0 Å². The van der Waals surface area contributed by atoms with Gasteiger partial charge in [0.15, 0.2) is 0 Å². The van der Waals surface area contributed by atoms with Gasteiger partial charge >= 0.3 is 0 Å². The Labute approximate surface area is 279 Å². The van der Waals surface area contributed by atoms with Crippen LogP contribution in [0.5, 0.6) is 5.75 Å². The van der Waals surface area contributed by atoms with E-state index >= 15 is 0 Å². The van der Waals surface area contributed by atoms with Crippen LogP contribution in [-0.4, -0.2) is 19.6 Å². The number of imidazole rings is 1. The molecule has 6 aromatic carbocycles. The number of phenolic OH excluding ortho intramolecular Hbond substituents is 1. The van der Waals surface area contributed by atoms with Gasteiger partial charge in [-0.1, -0.05) is 115 Å². The van der Waals surface area contributed by atoms with Crippen LogP contribution in [0, 0.1) is 0 Å². The van der Waals surface area contributed by atoms with Crippen LogP contribution in [0.3, 0.4) is 0 Å². The summed E-state index contributed by atoms with van der Waals surface area (Å²) in [5.41, 5.74) is 10.1. The predicted octanol–water partition coefficient (Wildman–Crippen LogP) is 9.54. The Morgan fingerprint density at radius 2 is 1.30 bits per heavy atom. The molecule has 0 saturated heterocycles. The number of benzene rings is 6. The van der Waals surface area contributed by atoms with Crippen LogP contribution < -0.4 is 4.98 Å². The van der Waals surface area contributed by atoms with Crippen molar-refractivity contribution in [2.24, 2.45) is 0 Å². The third-order valence-corrected chi connectivity index (χ3v) is 8.57. The fourth-order valence-corrected chi connectivity index (χ4v) is 6.47. The van der Waals surface area contributed by atoms with Crippen molar-refractivity contribution >= 4 is 43.7 Å². The van der Waals surface area contributed by atoms with Gasteiger partial charge in [-0.05, 0) is 52.2 Å². The molecule has 9 rings (SSSR count). The molecule has 0 saturated carbocycles. The van der Waals surface area contributed by atoms with Gasteiger partial charge in [0.05, 0.1) is 16.7 Å². The molecular formula is C40H25N4OPt-. The fourth-order valence-electron chi connectivity index (χ4n) is 6.47. The Kier molecular flexibility index (Phi) is 6.78. The van der Waals surface area contributed by atoms with Crippen molar-refractivity contribution in [1.82, 2.24) is 19.5 Å². The summed E-state index contributed by atoms with van der Waals surface area (Å²) in [6, 6.07) is 49.3. The predicted molar refractivity (Wildman–Crippen MR) is 183 cm³/mol. The van der Waals surface area contributed by atoms with Crippen molar-refractivity contribution < 1.29 is 26.2 Å². The number of aromatic nitrogens is 4. The van der Waals surface area contributed by atoms with Crippen molar-refractivity contribution in [2.45, 2.75) is 0 Å². The molecule has 0 bridgehead atoms. The van der Waals surface area contributed by atoms with Crippen LogP contribution in [0.15, 0.2) is 146 Å². The number of rotatable bonds is 4. The molecule has 0 aliphatic carbocycles. The molecule has 0 atom stereocenters. The summed E-state index contributed by atoms with van der Waals surface area (Å²) in [4.78, 5) is 15.4. The maximum atomic E-state index is 10.6. The fraction of sp³-hybridized carbons (Fsp3) is 0. The minimum atomic E-state index is 0. The van der Waals surface area contributed by atoms with E-state index in [-0.39, 0.29) is 26.8 Å². The van der Waals surface area contributed by atoms with Gasteiger partial charge in [-0.3, -0.25) is 4.57 Å². The monoisotopic (exact) mass is 772 g/mol. The summed E-state index contributed by atoms with van der Waals surface area (Å²) in [5, 5.41) is 13.7. The summed E-state index contributed by atoms with van der Waals surface area (Å²) < 4.78 is 2.23. The molecule has 0 aliphatic heterocycles. The zero-order chi connectivity index (χ0) is 29.9. The molecule has 0 amide bonds. The van der Waals surface area contributed by atoms with E-state index in [0.29, 0.717) is 5.52 Å². The van der Waals surface area contributed by atoms with Crippen LogP contribution in [0.1, 0.15) is 0 Å². The Balaban J connectivity index is 0.00000312. The van der Waals surface area contributed by atoms with Crippen LogP contribution in [0.2, 0.25) is 0 Å². The van der Waals surface area contributed by atoms with E-state index in [1.54, 1.807) is 6.07 Å². The van der Waals surface area contributed by atoms with Crippen molar-refractivity contribution in [3.05, 3.63) is 146 Å². The summed E-state index contributed by atoms with van der Waals surface area (Å²) in [5.74, 6) is 0.964. The number of hydrogen-bond donors (Lipinski definition) is 1. The molecule has 0 unspecified atom stereocenters. The summed E-state index contributed by atoms with van der Waals surface area (Å²) in [7, 11) is 0. The van der Waals surface area contributed by atoms with Gasteiger partial charge in [0.2, 0.25) is 0 Å². The average molecular weight is 773 g/mol. The van der Waals surface area contributed by atoms with Gasteiger partial charge in [-0.25, -0.2) is 9.97 Å². The van der Waals surface area contributed by atoms with E-state index in [2.05, 4.69) is 95.6 Å². The van der Waals surface area contributed by atoms with Crippen molar-refractivity contribution in [3.8, 4) is 45.2 Å². The van der Waals surface area contributed by atoms with E-state index < -0.39 is 0 Å². The van der Waals surface area contributed by atoms with Crippen molar-refractivity contribution in [1.29, 1.82) is 0 Å². The molecule has 222 valence electrons. The maximum absolute atomic E-state index is 10.6. The van der Waals surface area contributed by atoms with Crippen molar-refractivity contribution in [3.63, 3.8) is 0 Å². The number of para-hydroxylation sites is 4. The molecular weight excluding hydrogens is 748 g/mol. The Bertz CT molecular complexity index is 2570. The van der Waals surface area contributed by atoms with Gasteiger partial charge in [0, 0.05) is 43.3 Å². The SMILES string of the molecule is Oc1cccc2ccc(-c3cccc4c3nc(-c3cccc5c3[n-]c3ccccc35)n4-c3cccc(-c4ccccc4)c3)nc12.[Pt]. The zero-order valence-electron chi connectivity index (χ0n) is 24.4. The molecule has 0 fully saturated rings. The summed E-state index contributed by atoms with van der Waals surface area (Å²) >= 11 is 0. The molecule has 0 aliphatic rings. The van der Waals surface area contributed by atoms with Gasteiger partial charge in [-0.2, -0.15) is 0 Å². The quantitative estimate of drug-likeness (QED) is 0.194. The molecule has 1 N–H and O–H groups in total. The first-order valence-corrected chi connectivity index (χ1v) is 14.9. The maximum Gasteiger partial charge on any atom is 0.144 e.